The quantitative estimate of drug-likeness (QED) is 0.625. The number of hydrogen-bond donors (Lipinski definition) is 2. The average Bonchev–Trinajstić information content (AvgIpc) is 3.22. The van der Waals surface area contributed by atoms with Gasteiger partial charge in [-0.05, 0) is 34.1 Å². The van der Waals surface area contributed by atoms with E-state index >= 15 is 0 Å². The number of anilines is 1. The van der Waals surface area contributed by atoms with Gasteiger partial charge in [-0.25, -0.2) is 9.97 Å². The van der Waals surface area contributed by atoms with Crippen LogP contribution in [-0.4, -0.2) is 88.2 Å². The second-order valence-corrected chi connectivity index (χ2v) is 8.44. The van der Waals surface area contributed by atoms with Crippen molar-refractivity contribution in [3.63, 3.8) is 0 Å². The summed E-state index contributed by atoms with van der Waals surface area (Å²) in [6.07, 6.45) is 2.78. The van der Waals surface area contributed by atoms with Gasteiger partial charge in [0.25, 0.3) is 5.91 Å². The largest absolute Gasteiger partial charge is 0.498 e. The van der Waals surface area contributed by atoms with Crippen LogP contribution in [-0.2, 0) is 14.1 Å². The van der Waals surface area contributed by atoms with E-state index in [4.69, 9.17) is 14.4 Å². The number of aliphatic hydroxyl groups is 2. The zero-order chi connectivity index (χ0) is 20.7. The first-order valence-corrected chi connectivity index (χ1v) is 9.54. The van der Waals surface area contributed by atoms with Crippen LogP contribution in [0.4, 0.5) is 5.95 Å². The first kappa shape index (κ1) is 21.0. The minimum Gasteiger partial charge on any atom is -0.399 e. The summed E-state index contributed by atoms with van der Waals surface area (Å²) in [6, 6.07) is 0.0394. The highest BCUT2D eigenvalue weighted by Crippen LogP contribution is 2.36. The topological polar surface area (TPSA) is 108 Å². The van der Waals surface area contributed by atoms with E-state index in [1.165, 1.54) is 0 Å². The van der Waals surface area contributed by atoms with Crippen LogP contribution < -0.4 is 10.4 Å². The molecule has 2 fully saturated rings. The van der Waals surface area contributed by atoms with Crippen LogP contribution in [0.1, 0.15) is 34.1 Å². The highest BCUT2D eigenvalue weighted by atomic mass is 16.7. The molecule has 9 nitrogen and oxygen atoms in total. The molecule has 0 unspecified atom stereocenters. The van der Waals surface area contributed by atoms with Crippen LogP contribution in [0.25, 0.3) is 0 Å². The molecule has 0 bridgehead atoms. The minimum absolute atomic E-state index is 0.0394. The summed E-state index contributed by atoms with van der Waals surface area (Å²) in [4.78, 5) is 24.4. The van der Waals surface area contributed by atoms with E-state index in [1.807, 2.05) is 39.6 Å². The molecule has 10 heteroatoms. The molecule has 2 saturated heterocycles. The number of aromatic nitrogens is 2. The molecule has 154 valence electrons. The van der Waals surface area contributed by atoms with E-state index in [-0.39, 0.29) is 6.04 Å². The first-order valence-electron chi connectivity index (χ1n) is 9.54. The van der Waals surface area contributed by atoms with Gasteiger partial charge in [-0.3, -0.25) is 4.79 Å². The minimum atomic E-state index is -1.36. The van der Waals surface area contributed by atoms with Gasteiger partial charge in [0.15, 0.2) is 6.10 Å². The van der Waals surface area contributed by atoms with Crippen LogP contribution in [0.3, 0.4) is 0 Å². The maximum Gasteiger partial charge on any atom is 0.498 e. The first-order chi connectivity index (χ1) is 13.1. The van der Waals surface area contributed by atoms with E-state index in [1.54, 1.807) is 17.3 Å². The predicted molar refractivity (Wildman–Crippen MR) is 104 cm³/mol. The Labute approximate surface area is 165 Å². The van der Waals surface area contributed by atoms with Crippen LogP contribution in [0, 0.1) is 0 Å². The van der Waals surface area contributed by atoms with Gasteiger partial charge in [-0.15, -0.1) is 0 Å². The monoisotopic (exact) mass is 392 g/mol. The van der Waals surface area contributed by atoms with Gasteiger partial charge in [0.1, 0.15) is 0 Å². The van der Waals surface area contributed by atoms with Crippen molar-refractivity contribution in [1.29, 1.82) is 0 Å². The van der Waals surface area contributed by atoms with Gasteiger partial charge >= 0.3 is 7.12 Å². The lowest BCUT2D eigenvalue weighted by molar-refractivity contribution is -0.141. The van der Waals surface area contributed by atoms with E-state index in [2.05, 4.69) is 9.97 Å². The Morgan fingerprint density at radius 3 is 2.43 bits per heavy atom. The number of carbonyl (C=O) groups excluding carboxylic acids is 1. The Morgan fingerprint density at radius 1 is 1.32 bits per heavy atom. The Balaban J connectivity index is 1.64. The van der Waals surface area contributed by atoms with Crippen molar-refractivity contribution in [1.82, 2.24) is 14.9 Å². The summed E-state index contributed by atoms with van der Waals surface area (Å²) in [6.45, 7) is 8.40. The van der Waals surface area contributed by atoms with Crippen molar-refractivity contribution in [3.8, 4) is 0 Å². The number of hydrogen-bond acceptors (Lipinski definition) is 8. The van der Waals surface area contributed by atoms with Crippen molar-refractivity contribution >= 4 is 24.4 Å². The Hall–Kier alpha value is -1.75. The number of aliphatic hydroxyl groups excluding tert-OH is 2. The van der Waals surface area contributed by atoms with Crippen molar-refractivity contribution in [3.05, 3.63) is 12.4 Å². The lowest BCUT2D eigenvalue weighted by atomic mass is 9.81. The maximum absolute atomic E-state index is 12.0. The molecule has 0 spiro atoms. The fourth-order valence-corrected chi connectivity index (χ4v) is 3.32. The summed E-state index contributed by atoms with van der Waals surface area (Å²) in [5.41, 5.74) is -0.0943. The third kappa shape index (κ3) is 3.87. The number of rotatable bonds is 5. The summed E-state index contributed by atoms with van der Waals surface area (Å²) in [5, 5.41) is 18.5. The highest BCUT2D eigenvalue weighted by molar-refractivity contribution is 6.61. The van der Waals surface area contributed by atoms with Gasteiger partial charge in [0, 0.05) is 38.0 Å². The van der Waals surface area contributed by atoms with E-state index in [9.17, 15) is 9.90 Å². The zero-order valence-corrected chi connectivity index (χ0v) is 17.1. The molecule has 1 aromatic heterocycles. The summed E-state index contributed by atoms with van der Waals surface area (Å²) >= 11 is 0. The van der Waals surface area contributed by atoms with Gasteiger partial charge in [-0.2, -0.15) is 0 Å². The molecule has 0 aliphatic carbocycles. The second-order valence-electron chi connectivity index (χ2n) is 8.44. The summed E-state index contributed by atoms with van der Waals surface area (Å²) in [7, 11) is 1.37. The van der Waals surface area contributed by atoms with E-state index in [0.29, 0.717) is 19.0 Å². The molecule has 2 aliphatic heterocycles. The molecular weight excluding hydrogens is 363 g/mol. The van der Waals surface area contributed by atoms with E-state index in [0.717, 1.165) is 11.9 Å². The molecule has 0 aromatic carbocycles. The van der Waals surface area contributed by atoms with Gasteiger partial charge in [0.2, 0.25) is 5.95 Å². The van der Waals surface area contributed by atoms with Crippen molar-refractivity contribution < 1.29 is 24.3 Å². The fraction of sp³-hybridized carbons (Fsp3) is 0.722. The maximum atomic E-state index is 12.0. The Morgan fingerprint density at radius 2 is 1.89 bits per heavy atom. The lowest BCUT2D eigenvalue weighted by Crippen LogP contribution is -2.42. The Bertz CT molecular complexity index is 698. The van der Waals surface area contributed by atoms with Crippen LogP contribution in [0.2, 0.25) is 0 Å². The van der Waals surface area contributed by atoms with Crippen molar-refractivity contribution in [2.45, 2.75) is 57.5 Å². The molecule has 2 N–H and O–H groups in total. The number of likely N-dealkylation sites (N-methyl/N-ethyl adjacent to an activating group) is 1. The average molecular weight is 392 g/mol. The third-order valence-electron chi connectivity index (χ3n) is 5.98. The molecule has 1 amide bonds. The number of nitrogens with zero attached hydrogens (tertiary/aromatic N) is 4. The van der Waals surface area contributed by atoms with Crippen LogP contribution in [0.5, 0.6) is 0 Å². The van der Waals surface area contributed by atoms with Crippen molar-refractivity contribution in [2.24, 2.45) is 0 Å². The van der Waals surface area contributed by atoms with Gasteiger partial charge in [0.05, 0.1) is 23.9 Å². The standard InChI is InChI=1S/C18H29BN4O5/c1-17(2)18(3,4)28-19(27-17)12-8-20-16(21-9-12)22(5)13-6-7-23(10-13)15(26)14(25)11-24/h8-9,13-14,24-25H,6-7,10-11H2,1-5H3/t13-,14+/m1/s1. The zero-order valence-electron chi connectivity index (χ0n) is 17.1. The van der Waals surface area contributed by atoms with Crippen molar-refractivity contribution in [2.75, 3.05) is 31.6 Å². The normalized spacial score (nSPS) is 24.5. The molecule has 28 heavy (non-hydrogen) atoms. The molecule has 2 atom stereocenters. The Kier molecular flexibility index (Phi) is 5.68. The molecule has 3 heterocycles. The van der Waals surface area contributed by atoms with E-state index < -0.39 is 36.9 Å². The highest BCUT2D eigenvalue weighted by Gasteiger charge is 2.52. The van der Waals surface area contributed by atoms with Gasteiger partial charge < -0.3 is 29.3 Å². The number of carbonyl (C=O) groups is 1. The number of likely N-dealkylation sites (tertiary alicyclic amines) is 1. The summed E-state index contributed by atoms with van der Waals surface area (Å²) in [5.74, 6) is 0.0951. The third-order valence-corrected chi connectivity index (χ3v) is 5.98. The second kappa shape index (κ2) is 7.59. The smallest absolute Gasteiger partial charge is 0.399 e. The van der Waals surface area contributed by atoms with Crippen LogP contribution >= 0.6 is 0 Å². The molecule has 2 aliphatic rings. The predicted octanol–water partition coefficient (Wildman–Crippen LogP) is -0.834. The lowest BCUT2D eigenvalue weighted by Gasteiger charge is -2.32. The molecule has 0 radical (unpaired) electrons. The molecule has 0 saturated carbocycles. The summed E-state index contributed by atoms with van der Waals surface area (Å²) < 4.78 is 12.0. The van der Waals surface area contributed by atoms with Gasteiger partial charge in [-0.1, -0.05) is 0 Å². The number of amides is 1. The fourth-order valence-electron chi connectivity index (χ4n) is 3.32. The van der Waals surface area contributed by atoms with Crippen LogP contribution in [0.15, 0.2) is 12.4 Å². The molecule has 3 rings (SSSR count). The SMILES string of the molecule is CN(c1ncc(B2OC(C)(C)C(C)(C)O2)cn1)[C@@H]1CCN(C(=O)[C@@H](O)CO)C1. The molecule has 1 aromatic rings. The molecular formula is C18H29BN4O5.